The van der Waals surface area contributed by atoms with Crippen LogP contribution in [0.1, 0.15) is 48.2 Å². The fourth-order valence-electron chi connectivity index (χ4n) is 2.50. The summed E-state index contributed by atoms with van der Waals surface area (Å²) in [6.45, 7) is 9.35. The Kier molecular flexibility index (Phi) is 5.12. The molecule has 1 atom stereocenters. The van der Waals surface area contributed by atoms with Gasteiger partial charge in [-0.1, -0.05) is 32.0 Å². The Morgan fingerprint density at radius 3 is 2.48 bits per heavy atom. The van der Waals surface area contributed by atoms with Gasteiger partial charge in [-0.25, -0.2) is 9.67 Å². The minimum atomic E-state index is 0.251. The highest BCUT2D eigenvalue weighted by atomic mass is 15.4. The van der Waals surface area contributed by atoms with E-state index in [-0.39, 0.29) is 6.04 Å². The van der Waals surface area contributed by atoms with Gasteiger partial charge in [0.25, 0.3) is 0 Å². The van der Waals surface area contributed by atoms with Gasteiger partial charge in [-0.15, -0.1) is 0 Å². The third-order valence-electron chi connectivity index (χ3n) is 4.06. The van der Waals surface area contributed by atoms with Gasteiger partial charge in [-0.2, -0.15) is 5.10 Å². The molecule has 1 heterocycles. The molecular weight excluding hydrogens is 260 g/mol. The number of nitrogens with zero attached hydrogens (tertiary/aromatic N) is 3. The molecular formula is C17H26N4. The van der Waals surface area contributed by atoms with Crippen molar-refractivity contribution in [3.63, 3.8) is 0 Å². The van der Waals surface area contributed by atoms with Crippen LogP contribution in [-0.2, 0) is 19.4 Å². The number of nitrogens with one attached hydrogen (secondary N) is 1. The predicted molar refractivity (Wildman–Crippen MR) is 86.5 cm³/mol. The van der Waals surface area contributed by atoms with E-state index in [4.69, 9.17) is 0 Å². The van der Waals surface area contributed by atoms with Crippen LogP contribution in [0.4, 0.5) is 0 Å². The van der Waals surface area contributed by atoms with Crippen molar-refractivity contribution in [2.24, 2.45) is 0 Å². The van der Waals surface area contributed by atoms with Gasteiger partial charge in [0, 0.05) is 12.8 Å². The third kappa shape index (κ3) is 3.50. The number of hydrogen-bond acceptors (Lipinski definition) is 3. The SMILES string of the molecule is CCc1nc(CC)n(CC(NC)c2ccc(C)c(C)c2)n1. The van der Waals surface area contributed by atoms with E-state index in [2.05, 4.69) is 66.0 Å². The van der Waals surface area contributed by atoms with E-state index in [0.717, 1.165) is 31.0 Å². The average molecular weight is 286 g/mol. The second kappa shape index (κ2) is 6.85. The number of likely N-dealkylation sites (N-methyl/N-ethyl adjacent to an activating group) is 1. The van der Waals surface area contributed by atoms with E-state index in [9.17, 15) is 0 Å². The van der Waals surface area contributed by atoms with E-state index in [1.165, 1.54) is 16.7 Å². The van der Waals surface area contributed by atoms with Crippen molar-refractivity contribution >= 4 is 0 Å². The van der Waals surface area contributed by atoms with Gasteiger partial charge in [-0.05, 0) is 37.6 Å². The lowest BCUT2D eigenvalue weighted by atomic mass is 10.0. The van der Waals surface area contributed by atoms with Crippen molar-refractivity contribution in [1.82, 2.24) is 20.1 Å². The van der Waals surface area contributed by atoms with E-state index in [0.29, 0.717) is 0 Å². The van der Waals surface area contributed by atoms with Crippen LogP contribution in [0.2, 0.25) is 0 Å². The first-order chi connectivity index (χ1) is 10.1. The highest BCUT2D eigenvalue weighted by molar-refractivity contribution is 5.31. The second-order valence-corrected chi connectivity index (χ2v) is 5.52. The topological polar surface area (TPSA) is 42.7 Å². The van der Waals surface area contributed by atoms with E-state index in [1.807, 2.05) is 7.05 Å². The molecule has 1 unspecified atom stereocenters. The Bertz CT molecular complexity index is 601. The summed E-state index contributed by atoms with van der Waals surface area (Å²) in [5, 5.41) is 8.02. The lowest BCUT2D eigenvalue weighted by molar-refractivity contribution is 0.453. The fourth-order valence-corrected chi connectivity index (χ4v) is 2.50. The zero-order valence-corrected chi connectivity index (χ0v) is 13.8. The second-order valence-electron chi connectivity index (χ2n) is 5.52. The van der Waals surface area contributed by atoms with Crippen LogP contribution in [0, 0.1) is 13.8 Å². The fraction of sp³-hybridized carbons (Fsp3) is 0.529. The van der Waals surface area contributed by atoms with Crippen molar-refractivity contribution in [3.8, 4) is 0 Å². The molecule has 4 heteroatoms. The van der Waals surface area contributed by atoms with Crippen molar-refractivity contribution < 1.29 is 0 Å². The summed E-state index contributed by atoms with van der Waals surface area (Å²) in [6, 6.07) is 6.90. The Morgan fingerprint density at radius 1 is 1.14 bits per heavy atom. The Balaban J connectivity index is 2.26. The normalized spacial score (nSPS) is 12.6. The number of rotatable bonds is 6. The lowest BCUT2D eigenvalue weighted by Crippen LogP contribution is -2.23. The summed E-state index contributed by atoms with van der Waals surface area (Å²) in [6.07, 6.45) is 1.80. The lowest BCUT2D eigenvalue weighted by Gasteiger charge is -2.18. The molecule has 0 aliphatic rings. The molecule has 0 spiro atoms. The van der Waals surface area contributed by atoms with Crippen LogP contribution >= 0.6 is 0 Å². The van der Waals surface area contributed by atoms with Crippen molar-refractivity contribution in [1.29, 1.82) is 0 Å². The van der Waals surface area contributed by atoms with E-state index in [1.54, 1.807) is 0 Å². The quantitative estimate of drug-likeness (QED) is 0.887. The van der Waals surface area contributed by atoms with Crippen LogP contribution in [0.3, 0.4) is 0 Å². The van der Waals surface area contributed by atoms with Crippen LogP contribution in [0.5, 0.6) is 0 Å². The molecule has 0 radical (unpaired) electrons. The first kappa shape index (κ1) is 15.7. The zero-order chi connectivity index (χ0) is 15.4. The summed E-state index contributed by atoms with van der Waals surface area (Å²) in [7, 11) is 2.00. The van der Waals surface area contributed by atoms with Crippen molar-refractivity contribution in [2.75, 3.05) is 7.05 Å². The van der Waals surface area contributed by atoms with Crippen LogP contribution in [0.15, 0.2) is 18.2 Å². The van der Waals surface area contributed by atoms with Gasteiger partial charge in [0.15, 0.2) is 5.82 Å². The molecule has 2 aromatic rings. The maximum Gasteiger partial charge on any atom is 0.150 e. The first-order valence-electron chi connectivity index (χ1n) is 7.76. The number of aromatic nitrogens is 3. The number of aryl methyl sites for hydroxylation is 4. The van der Waals surface area contributed by atoms with Gasteiger partial charge in [0.1, 0.15) is 5.82 Å². The molecule has 0 amide bonds. The molecule has 1 aromatic heterocycles. The van der Waals surface area contributed by atoms with Crippen LogP contribution < -0.4 is 5.32 Å². The molecule has 0 saturated heterocycles. The first-order valence-corrected chi connectivity index (χ1v) is 7.76. The van der Waals surface area contributed by atoms with Crippen LogP contribution in [-0.4, -0.2) is 21.8 Å². The molecule has 21 heavy (non-hydrogen) atoms. The minimum Gasteiger partial charge on any atom is -0.311 e. The Labute approximate surface area is 127 Å². The summed E-state index contributed by atoms with van der Waals surface area (Å²) < 4.78 is 2.05. The number of hydrogen-bond donors (Lipinski definition) is 1. The molecule has 1 N–H and O–H groups in total. The van der Waals surface area contributed by atoms with Gasteiger partial charge < -0.3 is 5.32 Å². The third-order valence-corrected chi connectivity index (χ3v) is 4.06. The maximum absolute atomic E-state index is 4.62. The predicted octanol–water partition coefficient (Wildman–Crippen LogP) is 2.98. The van der Waals surface area contributed by atoms with E-state index >= 15 is 0 Å². The molecule has 0 bridgehead atoms. The molecule has 4 nitrogen and oxygen atoms in total. The van der Waals surface area contributed by atoms with Crippen LogP contribution in [0.25, 0.3) is 0 Å². The molecule has 2 rings (SSSR count). The summed E-state index contributed by atoms with van der Waals surface area (Å²) >= 11 is 0. The molecule has 1 aromatic carbocycles. The summed E-state index contributed by atoms with van der Waals surface area (Å²) in [4.78, 5) is 4.58. The monoisotopic (exact) mass is 286 g/mol. The molecule has 0 saturated carbocycles. The Morgan fingerprint density at radius 2 is 1.90 bits per heavy atom. The molecule has 0 fully saturated rings. The molecule has 0 aliphatic heterocycles. The highest BCUT2D eigenvalue weighted by Crippen LogP contribution is 2.19. The highest BCUT2D eigenvalue weighted by Gasteiger charge is 2.15. The molecule has 114 valence electrons. The maximum atomic E-state index is 4.62. The average Bonchev–Trinajstić information content (AvgIpc) is 2.90. The van der Waals surface area contributed by atoms with Crippen molar-refractivity contribution in [2.45, 2.75) is 53.1 Å². The smallest absolute Gasteiger partial charge is 0.150 e. The van der Waals surface area contributed by atoms with E-state index < -0.39 is 0 Å². The summed E-state index contributed by atoms with van der Waals surface area (Å²) in [5.74, 6) is 2.00. The number of benzene rings is 1. The van der Waals surface area contributed by atoms with Crippen molar-refractivity contribution in [3.05, 3.63) is 46.5 Å². The van der Waals surface area contributed by atoms with Gasteiger partial charge in [0.2, 0.25) is 0 Å². The van der Waals surface area contributed by atoms with Gasteiger partial charge >= 0.3 is 0 Å². The summed E-state index contributed by atoms with van der Waals surface area (Å²) in [5.41, 5.74) is 3.96. The largest absolute Gasteiger partial charge is 0.311 e. The zero-order valence-electron chi connectivity index (χ0n) is 13.8. The standard InChI is InChI=1S/C17H26N4/c1-6-16-19-17(7-2)21(20-16)11-15(18-5)14-9-8-12(3)13(4)10-14/h8-10,15,18H,6-7,11H2,1-5H3. The van der Waals surface area contributed by atoms with Gasteiger partial charge in [0.05, 0.1) is 12.6 Å². The minimum absolute atomic E-state index is 0.251. The van der Waals surface area contributed by atoms with Gasteiger partial charge in [-0.3, -0.25) is 0 Å². The Hall–Kier alpha value is -1.68. The molecule has 0 aliphatic carbocycles.